The van der Waals surface area contributed by atoms with Crippen molar-refractivity contribution in [3.8, 4) is 0 Å². The van der Waals surface area contributed by atoms with Gasteiger partial charge in [-0.3, -0.25) is 9.69 Å². The Bertz CT molecular complexity index is 974. The molecule has 2 fully saturated rings. The third-order valence-corrected chi connectivity index (χ3v) is 6.58. The number of nitrogens with zero attached hydrogens (tertiary/aromatic N) is 2. The smallest absolute Gasteiger partial charge is 0.323 e. The molecule has 0 bridgehead atoms. The van der Waals surface area contributed by atoms with Crippen molar-refractivity contribution in [1.82, 2.24) is 10.2 Å². The minimum atomic E-state index is -0.366. The van der Waals surface area contributed by atoms with E-state index in [-0.39, 0.29) is 11.9 Å². The minimum absolute atomic E-state index is 0.125. The van der Waals surface area contributed by atoms with Crippen LogP contribution in [0.1, 0.15) is 23.2 Å². The SMILES string of the molecule is O=C(Nc1ccc(N2CCCC2)c(C(=O)NCCN2CCOCC2)c1)Nc1ccccc1Br. The highest BCUT2D eigenvalue weighted by atomic mass is 79.9. The zero-order chi connectivity index (χ0) is 23.0. The number of nitrogens with one attached hydrogen (secondary N) is 3. The summed E-state index contributed by atoms with van der Waals surface area (Å²) in [6.45, 7) is 6.48. The van der Waals surface area contributed by atoms with E-state index in [0.717, 1.165) is 68.9 Å². The van der Waals surface area contributed by atoms with Gasteiger partial charge in [0, 0.05) is 55.1 Å². The molecule has 2 aromatic rings. The Morgan fingerprint density at radius 1 is 0.970 bits per heavy atom. The number of carbonyl (C=O) groups is 2. The summed E-state index contributed by atoms with van der Waals surface area (Å²) >= 11 is 3.43. The van der Waals surface area contributed by atoms with E-state index in [0.29, 0.717) is 23.5 Å². The third-order valence-electron chi connectivity index (χ3n) is 5.89. The topological polar surface area (TPSA) is 85.9 Å². The Balaban J connectivity index is 1.43. The molecule has 2 heterocycles. The molecule has 4 rings (SSSR count). The van der Waals surface area contributed by atoms with Crippen molar-refractivity contribution in [3.05, 3.63) is 52.5 Å². The first-order valence-electron chi connectivity index (χ1n) is 11.4. The van der Waals surface area contributed by atoms with Gasteiger partial charge in [-0.2, -0.15) is 0 Å². The number of ether oxygens (including phenoxy) is 1. The van der Waals surface area contributed by atoms with Gasteiger partial charge in [-0.1, -0.05) is 12.1 Å². The van der Waals surface area contributed by atoms with Crippen molar-refractivity contribution in [2.45, 2.75) is 12.8 Å². The number of rotatable bonds is 7. The maximum absolute atomic E-state index is 13.1. The summed E-state index contributed by atoms with van der Waals surface area (Å²) in [5, 5.41) is 8.73. The summed E-state index contributed by atoms with van der Waals surface area (Å²) < 4.78 is 6.18. The van der Waals surface area contributed by atoms with E-state index >= 15 is 0 Å². The molecule has 0 aromatic heterocycles. The summed E-state index contributed by atoms with van der Waals surface area (Å²) in [5.74, 6) is -0.125. The van der Waals surface area contributed by atoms with Crippen LogP contribution in [0.4, 0.5) is 21.9 Å². The molecule has 8 nitrogen and oxygen atoms in total. The molecule has 176 valence electrons. The van der Waals surface area contributed by atoms with Crippen LogP contribution in [0.2, 0.25) is 0 Å². The molecule has 0 spiro atoms. The first-order chi connectivity index (χ1) is 16.1. The Morgan fingerprint density at radius 2 is 1.73 bits per heavy atom. The summed E-state index contributed by atoms with van der Waals surface area (Å²) in [5.41, 5.74) is 2.73. The number of carbonyl (C=O) groups excluding carboxylic acids is 2. The van der Waals surface area contributed by atoms with Gasteiger partial charge in [0.15, 0.2) is 0 Å². The Labute approximate surface area is 202 Å². The second-order valence-electron chi connectivity index (χ2n) is 8.19. The molecule has 0 radical (unpaired) electrons. The fourth-order valence-corrected chi connectivity index (χ4v) is 4.51. The van der Waals surface area contributed by atoms with Gasteiger partial charge in [-0.15, -0.1) is 0 Å². The highest BCUT2D eigenvalue weighted by Gasteiger charge is 2.21. The van der Waals surface area contributed by atoms with Crippen molar-refractivity contribution in [1.29, 1.82) is 0 Å². The molecule has 3 amide bonds. The van der Waals surface area contributed by atoms with Gasteiger partial charge in [0.1, 0.15) is 0 Å². The Kier molecular flexibility index (Phi) is 8.20. The van der Waals surface area contributed by atoms with Crippen LogP contribution in [0.5, 0.6) is 0 Å². The summed E-state index contributed by atoms with van der Waals surface area (Å²) in [6, 6.07) is 12.6. The molecule has 2 saturated heterocycles. The van der Waals surface area contributed by atoms with E-state index in [1.54, 1.807) is 6.07 Å². The van der Waals surface area contributed by atoms with Gasteiger partial charge >= 0.3 is 6.03 Å². The summed E-state index contributed by atoms with van der Waals surface area (Å²) in [7, 11) is 0. The fourth-order valence-electron chi connectivity index (χ4n) is 4.12. The maximum Gasteiger partial charge on any atom is 0.323 e. The maximum atomic E-state index is 13.1. The molecule has 0 unspecified atom stereocenters. The van der Waals surface area contributed by atoms with E-state index in [2.05, 4.69) is 41.7 Å². The molecular formula is C24H30BrN5O3. The largest absolute Gasteiger partial charge is 0.379 e. The molecular weight excluding hydrogens is 486 g/mol. The van der Waals surface area contributed by atoms with Gasteiger partial charge in [0.2, 0.25) is 0 Å². The number of urea groups is 1. The van der Waals surface area contributed by atoms with Gasteiger partial charge < -0.3 is 25.6 Å². The predicted octanol–water partition coefficient (Wildman–Crippen LogP) is 3.76. The normalized spacial score (nSPS) is 16.5. The number of anilines is 3. The number of hydrogen-bond acceptors (Lipinski definition) is 5. The van der Waals surface area contributed by atoms with E-state index in [4.69, 9.17) is 4.74 Å². The lowest BCUT2D eigenvalue weighted by Gasteiger charge is -2.26. The first-order valence-corrected chi connectivity index (χ1v) is 12.2. The Morgan fingerprint density at radius 3 is 2.48 bits per heavy atom. The highest BCUT2D eigenvalue weighted by Crippen LogP contribution is 2.28. The zero-order valence-electron chi connectivity index (χ0n) is 18.6. The van der Waals surface area contributed by atoms with E-state index in [9.17, 15) is 9.59 Å². The fraction of sp³-hybridized carbons (Fsp3) is 0.417. The predicted molar refractivity (Wildman–Crippen MR) is 134 cm³/mol. The van der Waals surface area contributed by atoms with Crippen LogP contribution < -0.4 is 20.9 Å². The monoisotopic (exact) mass is 515 g/mol. The van der Waals surface area contributed by atoms with Crippen LogP contribution in [0, 0.1) is 0 Å². The molecule has 9 heteroatoms. The van der Waals surface area contributed by atoms with Crippen molar-refractivity contribution in [2.75, 3.05) is 68.0 Å². The number of benzene rings is 2. The third kappa shape index (κ3) is 6.46. The number of para-hydroxylation sites is 1. The van der Waals surface area contributed by atoms with Crippen LogP contribution in [-0.4, -0.2) is 69.3 Å². The van der Waals surface area contributed by atoms with Gasteiger partial charge in [0.05, 0.1) is 24.5 Å². The molecule has 3 N–H and O–H groups in total. The second-order valence-corrected chi connectivity index (χ2v) is 9.05. The molecule has 0 aliphatic carbocycles. The van der Waals surface area contributed by atoms with E-state index in [1.807, 2.05) is 36.4 Å². The van der Waals surface area contributed by atoms with Crippen LogP contribution in [0.25, 0.3) is 0 Å². The lowest BCUT2D eigenvalue weighted by atomic mass is 10.1. The number of hydrogen-bond donors (Lipinski definition) is 3. The average molecular weight is 516 g/mol. The van der Waals surface area contributed by atoms with E-state index in [1.165, 1.54) is 0 Å². The highest BCUT2D eigenvalue weighted by molar-refractivity contribution is 9.10. The van der Waals surface area contributed by atoms with Crippen molar-refractivity contribution in [2.24, 2.45) is 0 Å². The van der Waals surface area contributed by atoms with Crippen LogP contribution in [-0.2, 0) is 4.74 Å². The van der Waals surface area contributed by atoms with Crippen LogP contribution in [0.15, 0.2) is 46.9 Å². The lowest BCUT2D eigenvalue weighted by molar-refractivity contribution is 0.0383. The standard InChI is InChI=1S/C24H30BrN5O3/c25-20-5-1-2-6-21(20)28-24(32)27-18-7-8-22(30-10-3-4-11-30)19(17-18)23(31)26-9-12-29-13-15-33-16-14-29/h1-2,5-8,17H,3-4,9-16H2,(H,26,31)(H2,27,28,32). The van der Waals surface area contributed by atoms with Crippen LogP contribution in [0.3, 0.4) is 0 Å². The number of halogens is 1. The number of amides is 3. The molecule has 33 heavy (non-hydrogen) atoms. The second kappa shape index (κ2) is 11.5. The summed E-state index contributed by atoms with van der Waals surface area (Å²) in [4.78, 5) is 30.2. The quantitative estimate of drug-likeness (QED) is 0.522. The van der Waals surface area contributed by atoms with Crippen molar-refractivity contribution in [3.63, 3.8) is 0 Å². The summed E-state index contributed by atoms with van der Waals surface area (Å²) in [6.07, 6.45) is 2.24. The first kappa shape index (κ1) is 23.5. The van der Waals surface area contributed by atoms with Gasteiger partial charge in [-0.05, 0) is 59.1 Å². The van der Waals surface area contributed by atoms with Crippen molar-refractivity contribution < 1.29 is 14.3 Å². The molecule has 2 aromatic carbocycles. The van der Waals surface area contributed by atoms with E-state index < -0.39 is 0 Å². The minimum Gasteiger partial charge on any atom is -0.379 e. The van der Waals surface area contributed by atoms with Gasteiger partial charge in [0.25, 0.3) is 5.91 Å². The Hall–Kier alpha value is -2.62. The molecule has 0 atom stereocenters. The molecule has 2 aliphatic heterocycles. The van der Waals surface area contributed by atoms with Crippen molar-refractivity contribution >= 4 is 44.9 Å². The lowest BCUT2D eigenvalue weighted by Crippen LogP contribution is -2.41. The van der Waals surface area contributed by atoms with Crippen LogP contribution >= 0.6 is 15.9 Å². The zero-order valence-corrected chi connectivity index (χ0v) is 20.2. The average Bonchev–Trinajstić information content (AvgIpc) is 3.36. The van der Waals surface area contributed by atoms with Gasteiger partial charge in [-0.25, -0.2) is 4.79 Å². The molecule has 0 saturated carbocycles. The number of morpholine rings is 1. The molecule has 2 aliphatic rings.